The van der Waals surface area contributed by atoms with Crippen LogP contribution in [0.3, 0.4) is 0 Å². The van der Waals surface area contributed by atoms with E-state index in [0.29, 0.717) is 44.8 Å². The second kappa shape index (κ2) is 12.4. The van der Waals surface area contributed by atoms with Gasteiger partial charge in [0, 0.05) is 0 Å². The zero-order valence-electron chi connectivity index (χ0n) is 21.0. The van der Waals surface area contributed by atoms with Gasteiger partial charge in [-0.1, -0.05) is 83.9 Å². The van der Waals surface area contributed by atoms with Crippen LogP contribution in [0.5, 0.6) is 11.5 Å². The summed E-state index contributed by atoms with van der Waals surface area (Å²) in [6.45, 7) is 0.732. The Morgan fingerprint density at radius 3 is 2.31 bits per heavy atom. The predicted octanol–water partition coefficient (Wildman–Crippen LogP) is 8.39. The van der Waals surface area contributed by atoms with Crippen molar-refractivity contribution in [2.24, 2.45) is 4.99 Å². The number of ether oxygens (including phenoxy) is 2. The summed E-state index contributed by atoms with van der Waals surface area (Å²) < 4.78 is 11.6. The number of amidine groups is 1. The van der Waals surface area contributed by atoms with Crippen LogP contribution in [0.25, 0.3) is 6.08 Å². The Labute approximate surface area is 241 Å². The molecule has 1 saturated heterocycles. The highest BCUT2D eigenvalue weighted by molar-refractivity contribution is 8.18. The van der Waals surface area contributed by atoms with Gasteiger partial charge < -0.3 is 9.47 Å². The molecule has 1 aliphatic heterocycles. The summed E-state index contributed by atoms with van der Waals surface area (Å²) in [4.78, 5) is 20.6. The molecule has 196 valence electrons. The molecule has 0 saturated carbocycles. The second-order valence-corrected chi connectivity index (χ2v) is 10.5. The summed E-state index contributed by atoms with van der Waals surface area (Å²) in [6, 6.07) is 30.5. The minimum absolute atomic E-state index is 0.0996. The minimum Gasteiger partial charge on any atom is -0.493 e. The zero-order valence-corrected chi connectivity index (χ0v) is 23.3. The Morgan fingerprint density at radius 1 is 0.846 bits per heavy atom. The smallest absolute Gasteiger partial charge is 0.267 e. The standard InChI is InChI=1S/C31H24Cl2N2O3S/c1-37-28-17-22(13-15-27(28)38-20-23-12-14-25(32)26(33)16-23)18-29-30(36)35(19-21-8-4-2-5-9-21)31(39-29)34-24-10-6-3-7-11-24/h2-18H,19-20H2,1H3/b29-18+,34-31?. The molecule has 8 heteroatoms. The molecule has 0 atom stereocenters. The lowest BCUT2D eigenvalue weighted by Crippen LogP contribution is -2.28. The average molecular weight is 576 g/mol. The number of carbonyl (C=O) groups excluding carboxylic acids is 1. The van der Waals surface area contributed by atoms with Gasteiger partial charge in [0.1, 0.15) is 6.61 Å². The number of thioether (sulfide) groups is 1. The van der Waals surface area contributed by atoms with Gasteiger partial charge in [-0.05, 0) is 70.9 Å². The van der Waals surface area contributed by atoms with Gasteiger partial charge in [0.25, 0.3) is 5.91 Å². The SMILES string of the molecule is COc1cc(/C=C2/SC(=Nc3ccccc3)N(Cc3ccccc3)C2=O)ccc1OCc1ccc(Cl)c(Cl)c1. The molecule has 0 unspecified atom stereocenters. The second-order valence-electron chi connectivity index (χ2n) is 8.66. The van der Waals surface area contributed by atoms with E-state index in [-0.39, 0.29) is 5.91 Å². The number of halogens is 2. The van der Waals surface area contributed by atoms with Crippen LogP contribution in [0, 0.1) is 0 Å². The lowest BCUT2D eigenvalue weighted by Gasteiger charge is -2.15. The summed E-state index contributed by atoms with van der Waals surface area (Å²) in [7, 11) is 1.58. The zero-order chi connectivity index (χ0) is 27.2. The predicted molar refractivity (Wildman–Crippen MR) is 160 cm³/mol. The molecule has 0 bridgehead atoms. The number of hydrogen-bond acceptors (Lipinski definition) is 5. The van der Waals surface area contributed by atoms with Gasteiger partial charge in [-0.25, -0.2) is 4.99 Å². The van der Waals surface area contributed by atoms with Crippen molar-refractivity contribution in [3.05, 3.63) is 129 Å². The molecule has 0 aliphatic carbocycles. The molecule has 4 aromatic rings. The maximum Gasteiger partial charge on any atom is 0.267 e. The highest BCUT2D eigenvalue weighted by Gasteiger charge is 2.33. The molecule has 1 heterocycles. The molecule has 0 N–H and O–H groups in total. The lowest BCUT2D eigenvalue weighted by molar-refractivity contribution is -0.122. The number of methoxy groups -OCH3 is 1. The Bertz CT molecular complexity index is 1540. The molecule has 0 aromatic heterocycles. The monoisotopic (exact) mass is 574 g/mol. The van der Waals surface area contributed by atoms with Gasteiger partial charge in [0.2, 0.25) is 0 Å². The quantitative estimate of drug-likeness (QED) is 0.198. The van der Waals surface area contributed by atoms with Gasteiger partial charge >= 0.3 is 0 Å². The Morgan fingerprint density at radius 2 is 1.59 bits per heavy atom. The van der Waals surface area contributed by atoms with Crippen LogP contribution < -0.4 is 9.47 Å². The first-order valence-electron chi connectivity index (χ1n) is 12.1. The molecule has 1 aliphatic rings. The van der Waals surface area contributed by atoms with Crippen molar-refractivity contribution in [3.8, 4) is 11.5 Å². The maximum atomic E-state index is 13.5. The van der Waals surface area contributed by atoms with Gasteiger partial charge in [-0.15, -0.1) is 0 Å². The first-order chi connectivity index (χ1) is 19.0. The van der Waals surface area contributed by atoms with E-state index in [1.165, 1.54) is 11.8 Å². The normalized spacial score (nSPS) is 15.3. The molecule has 0 spiro atoms. The van der Waals surface area contributed by atoms with E-state index >= 15 is 0 Å². The van der Waals surface area contributed by atoms with Crippen LogP contribution in [0.2, 0.25) is 10.0 Å². The van der Waals surface area contributed by atoms with Crippen LogP contribution in [0.4, 0.5) is 5.69 Å². The maximum absolute atomic E-state index is 13.5. The van der Waals surface area contributed by atoms with Gasteiger partial charge in [-0.3, -0.25) is 9.69 Å². The average Bonchev–Trinajstić information content (AvgIpc) is 3.23. The van der Waals surface area contributed by atoms with Gasteiger partial charge in [-0.2, -0.15) is 0 Å². The number of carbonyl (C=O) groups is 1. The highest BCUT2D eigenvalue weighted by atomic mass is 35.5. The fourth-order valence-corrected chi connectivity index (χ4v) is 5.26. The molecule has 0 radical (unpaired) electrons. The van der Waals surface area contributed by atoms with Crippen molar-refractivity contribution < 1.29 is 14.3 Å². The summed E-state index contributed by atoms with van der Waals surface area (Å²) in [6.07, 6.45) is 1.85. The van der Waals surface area contributed by atoms with Crippen LogP contribution >= 0.6 is 35.0 Å². The largest absolute Gasteiger partial charge is 0.493 e. The number of rotatable bonds is 8. The number of hydrogen-bond donors (Lipinski definition) is 0. The third kappa shape index (κ3) is 6.66. The summed E-state index contributed by atoms with van der Waals surface area (Å²) in [5.74, 6) is 1.03. The van der Waals surface area contributed by atoms with E-state index in [0.717, 1.165) is 22.4 Å². The number of benzene rings is 4. The van der Waals surface area contributed by atoms with Crippen molar-refractivity contribution >= 4 is 57.8 Å². The van der Waals surface area contributed by atoms with E-state index in [1.807, 2.05) is 91.0 Å². The number of aliphatic imine (C=N–C) groups is 1. The first-order valence-corrected chi connectivity index (χ1v) is 13.7. The molecule has 4 aromatic carbocycles. The third-order valence-electron chi connectivity index (χ3n) is 5.92. The van der Waals surface area contributed by atoms with Crippen LogP contribution in [0.15, 0.2) is 107 Å². The molecule has 39 heavy (non-hydrogen) atoms. The van der Waals surface area contributed by atoms with Crippen LogP contribution in [0.1, 0.15) is 16.7 Å². The van der Waals surface area contributed by atoms with Crippen molar-refractivity contribution in [2.75, 3.05) is 7.11 Å². The Balaban J connectivity index is 1.39. The first kappa shape index (κ1) is 26.9. The Kier molecular flexibility index (Phi) is 8.57. The lowest BCUT2D eigenvalue weighted by atomic mass is 10.1. The van der Waals surface area contributed by atoms with E-state index < -0.39 is 0 Å². The molecular weight excluding hydrogens is 551 g/mol. The van der Waals surface area contributed by atoms with Gasteiger partial charge in [0.05, 0.1) is 34.3 Å². The van der Waals surface area contributed by atoms with Crippen molar-refractivity contribution in [2.45, 2.75) is 13.2 Å². The topological polar surface area (TPSA) is 51.1 Å². The fraction of sp³-hybridized carbons (Fsp3) is 0.0968. The van der Waals surface area contributed by atoms with Gasteiger partial charge in [0.15, 0.2) is 16.7 Å². The molecule has 1 amide bonds. The van der Waals surface area contributed by atoms with Crippen molar-refractivity contribution in [3.63, 3.8) is 0 Å². The third-order valence-corrected chi connectivity index (χ3v) is 7.66. The molecule has 5 rings (SSSR count). The van der Waals surface area contributed by atoms with Crippen molar-refractivity contribution in [1.29, 1.82) is 0 Å². The Hall–Kier alpha value is -3.71. The van der Waals surface area contributed by atoms with E-state index in [2.05, 4.69) is 0 Å². The van der Waals surface area contributed by atoms with E-state index in [9.17, 15) is 4.79 Å². The van der Waals surface area contributed by atoms with E-state index in [1.54, 1.807) is 24.1 Å². The molecule has 1 fully saturated rings. The van der Waals surface area contributed by atoms with Crippen molar-refractivity contribution in [1.82, 2.24) is 4.90 Å². The molecular formula is C31H24Cl2N2O3S. The number of para-hydroxylation sites is 1. The summed E-state index contributed by atoms with van der Waals surface area (Å²) in [5, 5.41) is 1.60. The number of nitrogens with zero attached hydrogens (tertiary/aromatic N) is 2. The fourth-order valence-electron chi connectivity index (χ4n) is 3.94. The molecule has 5 nitrogen and oxygen atoms in total. The van der Waals surface area contributed by atoms with Crippen LogP contribution in [-0.2, 0) is 17.9 Å². The number of amides is 1. The van der Waals surface area contributed by atoms with Crippen LogP contribution in [-0.4, -0.2) is 23.1 Å². The summed E-state index contributed by atoms with van der Waals surface area (Å²) >= 11 is 13.5. The summed E-state index contributed by atoms with van der Waals surface area (Å²) in [5.41, 5.74) is 3.51. The van der Waals surface area contributed by atoms with E-state index in [4.69, 9.17) is 37.7 Å². The minimum atomic E-state index is -0.0996. The highest BCUT2D eigenvalue weighted by Crippen LogP contribution is 2.37.